The Bertz CT molecular complexity index is 1120. The summed E-state index contributed by atoms with van der Waals surface area (Å²) in [5.41, 5.74) is 3.13. The molecule has 0 aliphatic rings. The van der Waals surface area contributed by atoms with Gasteiger partial charge >= 0.3 is 0 Å². The number of para-hydroxylation sites is 5. The summed E-state index contributed by atoms with van der Waals surface area (Å²) in [5, 5.41) is 0. The molecule has 0 aliphatic carbocycles. The largest absolute Gasteiger partial charge is 0.490 e. The highest BCUT2D eigenvalue weighted by Gasteiger charge is 2.12. The van der Waals surface area contributed by atoms with Crippen LogP contribution in [0, 0.1) is 6.92 Å². The number of rotatable bonds is 9. The van der Waals surface area contributed by atoms with Gasteiger partial charge in [0.2, 0.25) is 0 Å². The topological polar surface area (TPSA) is 45.5 Å². The van der Waals surface area contributed by atoms with Crippen molar-refractivity contribution in [1.29, 1.82) is 0 Å². The van der Waals surface area contributed by atoms with Crippen molar-refractivity contribution >= 4 is 11.0 Å². The van der Waals surface area contributed by atoms with E-state index < -0.39 is 0 Å². The summed E-state index contributed by atoms with van der Waals surface area (Å²) < 4.78 is 19.9. The summed E-state index contributed by atoms with van der Waals surface area (Å²) in [4.78, 5) is 4.79. The first-order valence-electron chi connectivity index (χ1n) is 10.2. The van der Waals surface area contributed by atoms with Crippen LogP contribution < -0.4 is 14.2 Å². The molecule has 4 aromatic rings. The van der Waals surface area contributed by atoms with E-state index >= 15 is 0 Å². The van der Waals surface area contributed by atoms with Crippen LogP contribution in [0.15, 0.2) is 72.8 Å². The highest BCUT2D eigenvalue weighted by molar-refractivity contribution is 5.75. The Morgan fingerprint density at radius 2 is 1.43 bits per heavy atom. The zero-order valence-electron chi connectivity index (χ0n) is 17.4. The minimum absolute atomic E-state index is 0.398. The van der Waals surface area contributed by atoms with Gasteiger partial charge in [0, 0.05) is 0 Å². The Labute approximate surface area is 176 Å². The molecule has 30 heavy (non-hydrogen) atoms. The molecule has 0 atom stereocenters. The zero-order valence-corrected chi connectivity index (χ0v) is 17.4. The molecule has 5 nitrogen and oxygen atoms in total. The van der Waals surface area contributed by atoms with Crippen LogP contribution in [0.5, 0.6) is 17.2 Å². The van der Waals surface area contributed by atoms with E-state index in [1.807, 2.05) is 80.6 Å². The van der Waals surface area contributed by atoms with Gasteiger partial charge in [0.1, 0.15) is 24.8 Å². The average Bonchev–Trinajstić information content (AvgIpc) is 3.12. The standard InChI is InChI=1S/C25H26N2O3/c1-3-28-23-14-8-9-15-24(23)29-17-16-27-21-12-6-5-11-20(21)26-25(27)18-30-22-13-7-4-10-19(22)2/h4-15H,3,16-18H2,1-2H3. The molecule has 4 rings (SSSR count). The molecular formula is C25H26N2O3. The van der Waals surface area contributed by atoms with Gasteiger partial charge in [-0.2, -0.15) is 0 Å². The predicted molar refractivity (Wildman–Crippen MR) is 118 cm³/mol. The van der Waals surface area contributed by atoms with Crippen molar-refractivity contribution in [2.45, 2.75) is 27.0 Å². The van der Waals surface area contributed by atoms with E-state index in [4.69, 9.17) is 19.2 Å². The lowest BCUT2D eigenvalue weighted by Gasteiger charge is -2.14. The number of aryl methyl sites for hydroxylation is 1. The van der Waals surface area contributed by atoms with Gasteiger partial charge in [-0.05, 0) is 49.7 Å². The second-order valence-electron chi connectivity index (χ2n) is 6.95. The minimum Gasteiger partial charge on any atom is -0.490 e. The highest BCUT2D eigenvalue weighted by atomic mass is 16.5. The van der Waals surface area contributed by atoms with Gasteiger partial charge in [0.15, 0.2) is 11.5 Å². The lowest BCUT2D eigenvalue weighted by atomic mass is 10.2. The lowest BCUT2D eigenvalue weighted by Crippen LogP contribution is -2.13. The maximum Gasteiger partial charge on any atom is 0.161 e. The maximum atomic E-state index is 6.06. The normalized spacial score (nSPS) is 10.9. The van der Waals surface area contributed by atoms with Crippen LogP contribution >= 0.6 is 0 Å². The molecule has 0 bridgehead atoms. The average molecular weight is 402 g/mol. The molecule has 0 aliphatic heterocycles. The summed E-state index contributed by atoms with van der Waals surface area (Å²) >= 11 is 0. The first kappa shape index (κ1) is 19.8. The Morgan fingerprint density at radius 3 is 2.20 bits per heavy atom. The van der Waals surface area contributed by atoms with Gasteiger partial charge in [-0.25, -0.2) is 4.98 Å². The Kier molecular flexibility index (Phi) is 6.18. The van der Waals surface area contributed by atoms with E-state index in [1.165, 1.54) is 0 Å². The Balaban J connectivity index is 1.51. The Morgan fingerprint density at radius 1 is 0.767 bits per heavy atom. The number of ether oxygens (including phenoxy) is 3. The molecule has 5 heteroatoms. The van der Waals surface area contributed by atoms with E-state index in [-0.39, 0.29) is 0 Å². The summed E-state index contributed by atoms with van der Waals surface area (Å²) in [6.07, 6.45) is 0. The summed E-state index contributed by atoms with van der Waals surface area (Å²) in [6.45, 7) is 6.17. The van der Waals surface area contributed by atoms with Crippen molar-refractivity contribution < 1.29 is 14.2 Å². The minimum atomic E-state index is 0.398. The van der Waals surface area contributed by atoms with Gasteiger partial charge in [-0.1, -0.05) is 42.5 Å². The van der Waals surface area contributed by atoms with Crippen molar-refractivity contribution in [3.05, 3.63) is 84.2 Å². The van der Waals surface area contributed by atoms with Gasteiger partial charge in [0.25, 0.3) is 0 Å². The SMILES string of the molecule is CCOc1ccccc1OCCn1c(COc2ccccc2C)nc2ccccc21. The van der Waals surface area contributed by atoms with E-state index in [0.29, 0.717) is 26.4 Å². The second kappa shape index (κ2) is 9.35. The van der Waals surface area contributed by atoms with Crippen LogP contribution in [0.4, 0.5) is 0 Å². The molecule has 3 aromatic carbocycles. The fourth-order valence-electron chi connectivity index (χ4n) is 3.44. The third-order valence-corrected chi connectivity index (χ3v) is 4.91. The number of nitrogens with zero attached hydrogens (tertiary/aromatic N) is 2. The third kappa shape index (κ3) is 4.40. The van der Waals surface area contributed by atoms with Gasteiger partial charge in [0.05, 0.1) is 24.2 Å². The molecule has 0 N–H and O–H groups in total. The van der Waals surface area contributed by atoms with Crippen LogP contribution in [0.3, 0.4) is 0 Å². The quantitative estimate of drug-likeness (QED) is 0.376. The number of aromatic nitrogens is 2. The molecular weight excluding hydrogens is 376 g/mol. The smallest absolute Gasteiger partial charge is 0.161 e. The number of hydrogen-bond donors (Lipinski definition) is 0. The summed E-state index contributed by atoms with van der Waals surface area (Å²) in [5.74, 6) is 3.26. The zero-order chi connectivity index (χ0) is 20.8. The molecule has 0 unspecified atom stereocenters. The molecule has 1 heterocycles. The van der Waals surface area contributed by atoms with Gasteiger partial charge in [-0.15, -0.1) is 0 Å². The lowest BCUT2D eigenvalue weighted by molar-refractivity contribution is 0.257. The van der Waals surface area contributed by atoms with Crippen molar-refractivity contribution in [2.24, 2.45) is 0 Å². The Hall–Kier alpha value is -3.47. The molecule has 0 saturated carbocycles. The number of benzene rings is 3. The van der Waals surface area contributed by atoms with Crippen LogP contribution in [-0.2, 0) is 13.2 Å². The molecule has 0 radical (unpaired) electrons. The maximum absolute atomic E-state index is 6.06. The van der Waals surface area contributed by atoms with Gasteiger partial charge < -0.3 is 18.8 Å². The summed E-state index contributed by atoms with van der Waals surface area (Å²) in [6, 6.07) is 23.9. The van der Waals surface area contributed by atoms with E-state index in [0.717, 1.165) is 39.7 Å². The summed E-state index contributed by atoms with van der Waals surface area (Å²) in [7, 11) is 0. The van der Waals surface area contributed by atoms with Crippen molar-refractivity contribution in [3.63, 3.8) is 0 Å². The first-order chi connectivity index (χ1) is 14.8. The van der Waals surface area contributed by atoms with Crippen molar-refractivity contribution in [1.82, 2.24) is 9.55 Å². The number of hydrogen-bond acceptors (Lipinski definition) is 4. The fourth-order valence-corrected chi connectivity index (χ4v) is 3.44. The second-order valence-corrected chi connectivity index (χ2v) is 6.95. The molecule has 154 valence electrons. The first-order valence-corrected chi connectivity index (χ1v) is 10.2. The van der Waals surface area contributed by atoms with Gasteiger partial charge in [-0.3, -0.25) is 0 Å². The number of imidazole rings is 1. The van der Waals surface area contributed by atoms with E-state index in [1.54, 1.807) is 0 Å². The van der Waals surface area contributed by atoms with E-state index in [2.05, 4.69) is 10.6 Å². The fraction of sp³-hybridized carbons (Fsp3) is 0.240. The highest BCUT2D eigenvalue weighted by Crippen LogP contribution is 2.27. The molecule has 0 spiro atoms. The molecule has 0 amide bonds. The van der Waals surface area contributed by atoms with Crippen molar-refractivity contribution in [3.8, 4) is 17.2 Å². The molecule has 0 fully saturated rings. The monoisotopic (exact) mass is 402 g/mol. The molecule has 0 saturated heterocycles. The van der Waals surface area contributed by atoms with Crippen LogP contribution in [0.25, 0.3) is 11.0 Å². The van der Waals surface area contributed by atoms with Crippen LogP contribution in [0.2, 0.25) is 0 Å². The predicted octanol–water partition coefficient (Wildman–Crippen LogP) is 5.40. The van der Waals surface area contributed by atoms with Crippen LogP contribution in [-0.4, -0.2) is 22.8 Å². The van der Waals surface area contributed by atoms with E-state index in [9.17, 15) is 0 Å². The molecule has 1 aromatic heterocycles. The third-order valence-electron chi connectivity index (χ3n) is 4.91. The van der Waals surface area contributed by atoms with Crippen molar-refractivity contribution in [2.75, 3.05) is 13.2 Å². The number of fused-ring (bicyclic) bond motifs is 1. The van der Waals surface area contributed by atoms with Crippen LogP contribution in [0.1, 0.15) is 18.3 Å².